The third kappa shape index (κ3) is 4.99. The first-order valence-corrected chi connectivity index (χ1v) is 10.8. The van der Waals surface area contributed by atoms with E-state index in [0.29, 0.717) is 56.3 Å². The molecule has 2 aliphatic heterocycles. The van der Waals surface area contributed by atoms with Gasteiger partial charge in [-0.1, -0.05) is 11.6 Å². The lowest BCUT2D eigenvalue weighted by Gasteiger charge is -2.27. The highest BCUT2D eigenvalue weighted by molar-refractivity contribution is 6.31. The first-order valence-electron chi connectivity index (χ1n) is 10.4. The van der Waals surface area contributed by atoms with Gasteiger partial charge in [-0.15, -0.1) is 0 Å². The number of hydrogen-bond donors (Lipinski definition) is 0. The molecular weight excluding hydrogens is 423 g/mol. The SMILES string of the molecule is O=C(c1ccc(OCC2CCCN2C(=O)c2ccc(F)c(Cl)c2)cc1)N1CCOCC1. The van der Waals surface area contributed by atoms with E-state index in [9.17, 15) is 14.0 Å². The Kier molecular flexibility index (Phi) is 6.73. The van der Waals surface area contributed by atoms with Gasteiger partial charge in [0.25, 0.3) is 11.8 Å². The predicted octanol–water partition coefficient (Wildman–Crippen LogP) is 3.64. The second-order valence-corrected chi connectivity index (χ2v) is 8.07. The number of morpholine rings is 1. The van der Waals surface area contributed by atoms with Crippen molar-refractivity contribution in [2.75, 3.05) is 39.5 Å². The molecule has 2 aliphatic rings. The molecule has 164 valence electrons. The van der Waals surface area contributed by atoms with Gasteiger partial charge in [-0.2, -0.15) is 0 Å². The number of carbonyl (C=O) groups excluding carboxylic acids is 2. The van der Waals surface area contributed by atoms with Crippen LogP contribution in [0.5, 0.6) is 5.75 Å². The summed E-state index contributed by atoms with van der Waals surface area (Å²) >= 11 is 5.82. The minimum absolute atomic E-state index is 0.0135. The Morgan fingerprint density at radius 1 is 1.03 bits per heavy atom. The summed E-state index contributed by atoms with van der Waals surface area (Å²) in [5.74, 6) is -0.0995. The van der Waals surface area contributed by atoms with Gasteiger partial charge in [0.1, 0.15) is 18.2 Å². The Morgan fingerprint density at radius 3 is 2.45 bits per heavy atom. The van der Waals surface area contributed by atoms with Crippen molar-refractivity contribution >= 4 is 23.4 Å². The van der Waals surface area contributed by atoms with Gasteiger partial charge in [0.2, 0.25) is 0 Å². The van der Waals surface area contributed by atoms with Gasteiger partial charge < -0.3 is 19.3 Å². The molecule has 2 fully saturated rings. The average molecular weight is 447 g/mol. The van der Waals surface area contributed by atoms with Gasteiger partial charge >= 0.3 is 0 Å². The van der Waals surface area contributed by atoms with E-state index >= 15 is 0 Å². The van der Waals surface area contributed by atoms with Crippen molar-refractivity contribution in [3.63, 3.8) is 0 Å². The molecule has 2 aromatic carbocycles. The molecule has 0 aliphatic carbocycles. The monoisotopic (exact) mass is 446 g/mol. The van der Waals surface area contributed by atoms with E-state index in [1.807, 2.05) is 0 Å². The number of ether oxygens (including phenoxy) is 2. The second kappa shape index (κ2) is 9.66. The number of nitrogens with zero attached hydrogens (tertiary/aromatic N) is 2. The van der Waals surface area contributed by atoms with Crippen LogP contribution < -0.4 is 4.74 Å². The molecule has 0 N–H and O–H groups in total. The van der Waals surface area contributed by atoms with Crippen LogP contribution in [0.3, 0.4) is 0 Å². The van der Waals surface area contributed by atoms with E-state index in [-0.39, 0.29) is 22.9 Å². The van der Waals surface area contributed by atoms with Crippen LogP contribution in [-0.4, -0.2) is 67.1 Å². The van der Waals surface area contributed by atoms with Crippen LogP contribution >= 0.6 is 11.6 Å². The van der Waals surface area contributed by atoms with Crippen molar-refractivity contribution < 1.29 is 23.5 Å². The molecule has 2 saturated heterocycles. The highest BCUT2D eigenvalue weighted by Gasteiger charge is 2.30. The maximum absolute atomic E-state index is 13.4. The summed E-state index contributed by atoms with van der Waals surface area (Å²) in [6.07, 6.45) is 1.70. The number of carbonyl (C=O) groups is 2. The van der Waals surface area contributed by atoms with Crippen molar-refractivity contribution in [3.8, 4) is 5.75 Å². The highest BCUT2D eigenvalue weighted by Crippen LogP contribution is 2.24. The molecule has 0 aromatic heterocycles. The van der Waals surface area contributed by atoms with Crippen LogP contribution in [0.4, 0.5) is 4.39 Å². The summed E-state index contributed by atoms with van der Waals surface area (Å²) in [6, 6.07) is 11.0. The van der Waals surface area contributed by atoms with Crippen molar-refractivity contribution in [2.45, 2.75) is 18.9 Å². The largest absolute Gasteiger partial charge is 0.491 e. The molecule has 8 heteroatoms. The standard InChI is InChI=1S/C23H24ClFN2O4/c24-20-14-17(5-8-21(20)25)23(29)27-9-1-2-18(27)15-31-19-6-3-16(4-7-19)22(28)26-10-12-30-13-11-26/h3-8,14,18H,1-2,9-13,15H2. The zero-order valence-corrected chi connectivity index (χ0v) is 17.8. The number of rotatable bonds is 5. The number of likely N-dealkylation sites (tertiary alicyclic amines) is 1. The van der Waals surface area contributed by atoms with Crippen molar-refractivity contribution in [1.82, 2.24) is 9.80 Å². The number of benzene rings is 2. The van der Waals surface area contributed by atoms with Crippen LogP contribution in [0.15, 0.2) is 42.5 Å². The first kappa shape index (κ1) is 21.6. The number of hydrogen-bond acceptors (Lipinski definition) is 4. The fourth-order valence-corrected chi connectivity index (χ4v) is 4.09. The smallest absolute Gasteiger partial charge is 0.254 e. The topological polar surface area (TPSA) is 59.1 Å². The van der Waals surface area contributed by atoms with Gasteiger partial charge in [-0.25, -0.2) is 4.39 Å². The summed E-state index contributed by atoms with van der Waals surface area (Å²) in [4.78, 5) is 28.9. The van der Waals surface area contributed by atoms with Crippen LogP contribution in [0.1, 0.15) is 33.6 Å². The predicted molar refractivity (Wildman–Crippen MR) is 114 cm³/mol. The van der Waals surface area contributed by atoms with Crippen LogP contribution in [-0.2, 0) is 4.74 Å². The molecule has 2 aromatic rings. The quantitative estimate of drug-likeness (QED) is 0.703. The van der Waals surface area contributed by atoms with Gasteiger partial charge in [0.05, 0.1) is 24.3 Å². The third-order valence-corrected chi connectivity index (χ3v) is 5.94. The Balaban J connectivity index is 1.35. The third-order valence-electron chi connectivity index (χ3n) is 5.65. The molecule has 0 spiro atoms. The number of amides is 2. The van der Waals surface area contributed by atoms with E-state index in [0.717, 1.165) is 12.8 Å². The molecule has 2 amide bonds. The lowest BCUT2D eigenvalue weighted by atomic mass is 10.1. The lowest BCUT2D eigenvalue weighted by molar-refractivity contribution is 0.0303. The van der Waals surface area contributed by atoms with Gasteiger partial charge in [-0.3, -0.25) is 9.59 Å². The maximum atomic E-state index is 13.4. The molecule has 4 rings (SSSR count). The molecule has 0 saturated carbocycles. The zero-order chi connectivity index (χ0) is 21.8. The number of halogens is 2. The van der Waals surface area contributed by atoms with Gasteiger partial charge in [0.15, 0.2) is 0 Å². The zero-order valence-electron chi connectivity index (χ0n) is 17.1. The van der Waals surface area contributed by atoms with Crippen molar-refractivity contribution in [1.29, 1.82) is 0 Å². The van der Waals surface area contributed by atoms with Gasteiger partial charge in [-0.05, 0) is 55.3 Å². The molecular formula is C23H24ClFN2O4. The molecule has 0 radical (unpaired) electrons. The molecule has 1 unspecified atom stereocenters. The molecule has 2 heterocycles. The Morgan fingerprint density at radius 2 is 1.74 bits per heavy atom. The fourth-order valence-electron chi connectivity index (χ4n) is 3.91. The molecule has 1 atom stereocenters. The summed E-state index contributed by atoms with van der Waals surface area (Å²) in [5.41, 5.74) is 0.976. The summed E-state index contributed by atoms with van der Waals surface area (Å²) in [7, 11) is 0. The molecule has 31 heavy (non-hydrogen) atoms. The maximum Gasteiger partial charge on any atom is 0.254 e. The summed E-state index contributed by atoms with van der Waals surface area (Å²) in [5, 5.41) is -0.0652. The fraction of sp³-hybridized carbons (Fsp3) is 0.391. The van der Waals surface area contributed by atoms with Gasteiger partial charge in [0, 0.05) is 30.8 Å². The highest BCUT2D eigenvalue weighted by atomic mass is 35.5. The van der Waals surface area contributed by atoms with E-state index in [1.165, 1.54) is 18.2 Å². The summed E-state index contributed by atoms with van der Waals surface area (Å²) in [6.45, 7) is 3.29. The Labute approximate surface area is 185 Å². The lowest BCUT2D eigenvalue weighted by Crippen LogP contribution is -2.40. The van der Waals surface area contributed by atoms with Crippen LogP contribution in [0.25, 0.3) is 0 Å². The van der Waals surface area contributed by atoms with E-state index in [1.54, 1.807) is 34.1 Å². The minimum atomic E-state index is -0.546. The van der Waals surface area contributed by atoms with E-state index in [2.05, 4.69) is 0 Å². The van der Waals surface area contributed by atoms with Crippen molar-refractivity contribution in [3.05, 3.63) is 64.4 Å². The van der Waals surface area contributed by atoms with E-state index in [4.69, 9.17) is 21.1 Å². The van der Waals surface area contributed by atoms with Crippen molar-refractivity contribution in [2.24, 2.45) is 0 Å². The summed E-state index contributed by atoms with van der Waals surface area (Å²) < 4.78 is 24.6. The average Bonchev–Trinajstić information content (AvgIpc) is 3.28. The Hall–Kier alpha value is -2.64. The normalized spacial score (nSPS) is 18.8. The van der Waals surface area contributed by atoms with Crippen LogP contribution in [0.2, 0.25) is 5.02 Å². The molecule has 6 nitrogen and oxygen atoms in total. The van der Waals surface area contributed by atoms with E-state index < -0.39 is 5.82 Å². The second-order valence-electron chi connectivity index (χ2n) is 7.66. The van der Waals surface area contributed by atoms with Crippen LogP contribution in [0, 0.1) is 5.82 Å². The Bertz CT molecular complexity index is 947. The first-order chi connectivity index (χ1) is 15.0. The minimum Gasteiger partial charge on any atom is -0.491 e. The molecule has 0 bridgehead atoms.